The molecule has 0 aliphatic heterocycles. The fourth-order valence-electron chi connectivity index (χ4n) is 6.96. The second-order valence-corrected chi connectivity index (χ2v) is 12.6. The van der Waals surface area contributed by atoms with Crippen LogP contribution in [0.1, 0.15) is 88.2 Å². The number of benzene rings is 3. The second kappa shape index (κ2) is 16.9. The topological polar surface area (TPSA) is 83.1 Å². The fraction of sp³-hybridized carbons (Fsp3) is 0.474. The molecule has 46 heavy (non-hydrogen) atoms. The first-order chi connectivity index (χ1) is 22.6. The van der Waals surface area contributed by atoms with Crippen LogP contribution in [0.5, 0.6) is 11.5 Å². The molecular weight excluding hydrogens is 576 g/mol. The number of ether oxygens (including phenoxy) is 2. The Morgan fingerprint density at radius 3 is 1.37 bits per heavy atom. The number of anilines is 2. The van der Waals surface area contributed by atoms with Gasteiger partial charge < -0.3 is 29.9 Å². The van der Waals surface area contributed by atoms with Gasteiger partial charge in [-0.1, -0.05) is 99.9 Å². The Balaban J connectivity index is 1.37. The third kappa shape index (κ3) is 8.95. The first kappa shape index (κ1) is 33.2. The van der Waals surface area contributed by atoms with E-state index in [4.69, 9.17) is 9.47 Å². The van der Waals surface area contributed by atoms with E-state index >= 15 is 0 Å². The molecule has 246 valence electrons. The van der Waals surface area contributed by atoms with Gasteiger partial charge in [0.25, 0.3) is 0 Å². The minimum Gasteiger partial charge on any atom is -0.495 e. The number of urea groups is 2. The predicted octanol–water partition coefficient (Wildman–Crippen LogP) is 9.22. The van der Waals surface area contributed by atoms with E-state index in [-0.39, 0.29) is 24.1 Å². The number of hydrogen-bond acceptors (Lipinski definition) is 4. The van der Waals surface area contributed by atoms with Gasteiger partial charge in [0.2, 0.25) is 0 Å². The van der Waals surface area contributed by atoms with Gasteiger partial charge in [0.1, 0.15) is 11.5 Å². The smallest absolute Gasteiger partial charge is 0.322 e. The van der Waals surface area contributed by atoms with E-state index in [1.165, 1.54) is 25.7 Å². The molecule has 2 N–H and O–H groups in total. The first-order valence-corrected chi connectivity index (χ1v) is 17.0. The van der Waals surface area contributed by atoms with Crippen LogP contribution in [-0.2, 0) is 13.1 Å². The lowest BCUT2D eigenvalue weighted by molar-refractivity contribution is 0.174. The Morgan fingerprint density at radius 2 is 0.978 bits per heavy atom. The van der Waals surface area contributed by atoms with Crippen molar-refractivity contribution in [2.75, 3.05) is 24.9 Å². The average molecular weight is 627 g/mol. The maximum absolute atomic E-state index is 13.9. The SMILES string of the molecule is COc1ccccc1NC(=O)N(Cc1cccc(CN(C(=O)Nc2ccccc2OC)C2CCCCCC2)c1)C1CCCCCC1. The Bertz CT molecular complexity index is 1310. The Kier molecular flexibility index (Phi) is 12.2. The lowest BCUT2D eigenvalue weighted by Gasteiger charge is -2.33. The second-order valence-electron chi connectivity index (χ2n) is 12.6. The molecule has 0 bridgehead atoms. The Hall–Kier alpha value is -4.20. The number of rotatable bonds is 10. The molecule has 2 aliphatic carbocycles. The van der Waals surface area contributed by atoms with Gasteiger partial charge >= 0.3 is 12.1 Å². The zero-order valence-corrected chi connectivity index (χ0v) is 27.5. The molecule has 2 saturated carbocycles. The number of nitrogens with one attached hydrogen (secondary N) is 2. The van der Waals surface area contributed by atoms with Crippen molar-refractivity contribution in [3.63, 3.8) is 0 Å². The molecule has 0 spiro atoms. The first-order valence-electron chi connectivity index (χ1n) is 17.0. The van der Waals surface area contributed by atoms with Crippen LogP contribution < -0.4 is 20.1 Å². The van der Waals surface area contributed by atoms with Gasteiger partial charge in [0, 0.05) is 25.2 Å². The number of carbonyl (C=O) groups excluding carboxylic acids is 2. The summed E-state index contributed by atoms with van der Waals surface area (Å²) in [4.78, 5) is 31.8. The summed E-state index contributed by atoms with van der Waals surface area (Å²) >= 11 is 0. The van der Waals surface area contributed by atoms with Gasteiger partial charge in [0.15, 0.2) is 0 Å². The summed E-state index contributed by atoms with van der Waals surface area (Å²) in [6.07, 6.45) is 13.3. The number of methoxy groups -OCH3 is 2. The molecule has 0 aromatic heterocycles. The molecule has 4 amide bonds. The average Bonchev–Trinajstić information content (AvgIpc) is 3.53. The van der Waals surface area contributed by atoms with Crippen molar-refractivity contribution in [2.45, 2.75) is 102 Å². The summed E-state index contributed by atoms with van der Waals surface area (Å²) in [6.45, 7) is 0.993. The minimum atomic E-state index is -0.113. The maximum Gasteiger partial charge on any atom is 0.322 e. The number of amides is 4. The van der Waals surface area contributed by atoms with E-state index < -0.39 is 0 Å². The van der Waals surface area contributed by atoms with Crippen molar-refractivity contribution >= 4 is 23.4 Å². The van der Waals surface area contributed by atoms with Gasteiger partial charge in [-0.3, -0.25) is 0 Å². The van der Waals surface area contributed by atoms with Crippen molar-refractivity contribution in [2.24, 2.45) is 0 Å². The summed E-state index contributed by atoms with van der Waals surface area (Å²) < 4.78 is 11.0. The lowest BCUT2D eigenvalue weighted by Crippen LogP contribution is -2.43. The van der Waals surface area contributed by atoms with Crippen LogP contribution in [0, 0.1) is 0 Å². The predicted molar refractivity (Wildman–Crippen MR) is 185 cm³/mol. The van der Waals surface area contributed by atoms with Crippen molar-refractivity contribution in [3.8, 4) is 11.5 Å². The van der Waals surface area contributed by atoms with Crippen LogP contribution in [0.25, 0.3) is 0 Å². The van der Waals surface area contributed by atoms with Gasteiger partial charge in [-0.25, -0.2) is 9.59 Å². The molecule has 0 heterocycles. The van der Waals surface area contributed by atoms with E-state index in [0.29, 0.717) is 36.0 Å². The summed E-state index contributed by atoms with van der Waals surface area (Å²) in [5.41, 5.74) is 3.45. The van der Waals surface area contributed by atoms with Crippen LogP contribution in [-0.4, -0.2) is 48.2 Å². The van der Waals surface area contributed by atoms with Crippen LogP contribution >= 0.6 is 0 Å². The Labute approximate surface area is 274 Å². The van der Waals surface area contributed by atoms with E-state index in [2.05, 4.69) is 34.9 Å². The number of carbonyl (C=O) groups is 2. The van der Waals surface area contributed by atoms with Crippen LogP contribution in [0.15, 0.2) is 72.8 Å². The molecule has 3 aromatic rings. The zero-order valence-electron chi connectivity index (χ0n) is 27.5. The lowest BCUT2D eigenvalue weighted by atomic mass is 10.0. The molecule has 3 aromatic carbocycles. The third-order valence-electron chi connectivity index (χ3n) is 9.45. The number of hydrogen-bond donors (Lipinski definition) is 2. The highest BCUT2D eigenvalue weighted by Crippen LogP contribution is 2.30. The molecule has 8 heteroatoms. The molecule has 0 unspecified atom stereocenters. The quantitative estimate of drug-likeness (QED) is 0.220. The standard InChI is InChI=1S/C38H50N4O4/c1-45-35-24-13-11-22-33(35)39-37(43)41(31-18-7-3-4-8-19-31)27-29-16-15-17-30(26-29)28-42(32-20-9-5-6-10-21-32)38(44)40-34-23-12-14-25-36(34)46-2/h11-17,22-26,31-32H,3-10,18-21,27-28H2,1-2H3,(H,39,43)(H,40,44). The van der Waals surface area contributed by atoms with E-state index in [9.17, 15) is 9.59 Å². The summed E-state index contributed by atoms with van der Waals surface area (Å²) in [7, 11) is 3.24. The van der Waals surface area contributed by atoms with E-state index in [1.807, 2.05) is 58.3 Å². The molecule has 0 radical (unpaired) electrons. The molecule has 2 fully saturated rings. The van der Waals surface area contributed by atoms with Crippen molar-refractivity contribution in [1.82, 2.24) is 9.80 Å². The third-order valence-corrected chi connectivity index (χ3v) is 9.45. The summed E-state index contributed by atoms with van der Waals surface area (Å²) in [5, 5.41) is 6.27. The van der Waals surface area contributed by atoms with Crippen LogP contribution in [0.3, 0.4) is 0 Å². The largest absolute Gasteiger partial charge is 0.495 e. The highest BCUT2D eigenvalue weighted by Gasteiger charge is 2.28. The molecule has 8 nitrogen and oxygen atoms in total. The van der Waals surface area contributed by atoms with Gasteiger partial charge in [-0.15, -0.1) is 0 Å². The fourth-order valence-corrected chi connectivity index (χ4v) is 6.96. The number of para-hydroxylation sites is 4. The highest BCUT2D eigenvalue weighted by molar-refractivity contribution is 5.92. The van der Waals surface area contributed by atoms with Gasteiger partial charge in [-0.2, -0.15) is 0 Å². The van der Waals surface area contributed by atoms with E-state index in [0.717, 1.165) is 62.5 Å². The Morgan fingerprint density at radius 1 is 0.587 bits per heavy atom. The van der Waals surface area contributed by atoms with Crippen LogP contribution in [0.2, 0.25) is 0 Å². The molecular formula is C38H50N4O4. The molecule has 2 aliphatic rings. The van der Waals surface area contributed by atoms with Gasteiger partial charge in [-0.05, 0) is 61.1 Å². The molecule has 0 atom stereocenters. The van der Waals surface area contributed by atoms with Crippen molar-refractivity contribution < 1.29 is 19.1 Å². The maximum atomic E-state index is 13.9. The normalized spacial score (nSPS) is 16.0. The van der Waals surface area contributed by atoms with Gasteiger partial charge in [0.05, 0.1) is 25.6 Å². The summed E-state index contributed by atoms with van der Waals surface area (Å²) in [6, 6.07) is 23.6. The van der Waals surface area contributed by atoms with E-state index in [1.54, 1.807) is 14.2 Å². The molecule has 5 rings (SSSR count). The monoisotopic (exact) mass is 626 g/mol. The van der Waals surface area contributed by atoms with Crippen LogP contribution in [0.4, 0.5) is 21.0 Å². The molecule has 0 saturated heterocycles. The summed E-state index contributed by atoms with van der Waals surface area (Å²) in [5.74, 6) is 1.28. The minimum absolute atomic E-state index is 0.113. The highest BCUT2D eigenvalue weighted by atomic mass is 16.5. The van der Waals surface area contributed by atoms with Crippen molar-refractivity contribution in [3.05, 3.63) is 83.9 Å². The zero-order chi connectivity index (χ0) is 32.1. The van der Waals surface area contributed by atoms with Crippen molar-refractivity contribution in [1.29, 1.82) is 0 Å². The number of nitrogens with zero attached hydrogens (tertiary/aromatic N) is 2.